The van der Waals surface area contributed by atoms with Gasteiger partial charge in [0.15, 0.2) is 0 Å². The average molecular weight is 180 g/mol. The van der Waals surface area contributed by atoms with Gasteiger partial charge in [0.1, 0.15) is 0 Å². The highest BCUT2D eigenvalue weighted by molar-refractivity contribution is 5.09. The van der Waals surface area contributed by atoms with E-state index in [1.54, 1.807) is 0 Å². The van der Waals surface area contributed by atoms with Gasteiger partial charge in [0.2, 0.25) is 0 Å². The third-order valence-electron chi connectivity index (χ3n) is 2.57. The Bertz CT molecular complexity index is 274. The lowest BCUT2D eigenvalue weighted by Crippen LogP contribution is -2.08. The van der Waals surface area contributed by atoms with Crippen LogP contribution in [0, 0.1) is 0 Å². The minimum atomic E-state index is 0.465. The molecule has 0 spiro atoms. The number of rotatable bonds is 2. The Balaban J connectivity index is 2.12. The zero-order valence-electron chi connectivity index (χ0n) is 8.23. The highest BCUT2D eigenvalue weighted by atomic mass is 16.5. The number of hydrogen-bond acceptors (Lipinski definition) is 2. The molecule has 1 saturated heterocycles. The maximum atomic E-state index is 5.32. The van der Waals surface area contributed by atoms with Crippen LogP contribution in [0.15, 0.2) is 12.4 Å². The van der Waals surface area contributed by atoms with E-state index in [1.165, 1.54) is 5.56 Å². The Labute approximate surface area is 78.7 Å². The fourth-order valence-electron chi connectivity index (χ4n) is 1.58. The molecule has 1 atom stereocenters. The Morgan fingerprint density at radius 3 is 3.00 bits per heavy atom. The van der Waals surface area contributed by atoms with Gasteiger partial charge in [-0.05, 0) is 17.9 Å². The van der Waals surface area contributed by atoms with Gasteiger partial charge >= 0.3 is 0 Å². The fraction of sp³-hybridized carbons (Fsp3) is 0.700. The van der Waals surface area contributed by atoms with Crippen molar-refractivity contribution in [2.24, 2.45) is 0 Å². The highest BCUT2D eigenvalue weighted by Gasteiger charge is 2.18. The molecule has 3 heteroatoms. The normalized spacial score (nSPS) is 22.8. The summed E-state index contributed by atoms with van der Waals surface area (Å²) in [5.74, 6) is 0.566. The largest absolute Gasteiger partial charge is 0.379 e. The maximum Gasteiger partial charge on any atom is 0.0774 e. The van der Waals surface area contributed by atoms with Gasteiger partial charge in [0.05, 0.1) is 18.8 Å². The number of ether oxygens (including phenoxy) is 1. The summed E-state index contributed by atoms with van der Waals surface area (Å²) in [5.41, 5.74) is 1.31. The van der Waals surface area contributed by atoms with Crippen LogP contribution < -0.4 is 0 Å². The van der Waals surface area contributed by atoms with Crippen molar-refractivity contribution in [1.82, 2.24) is 9.78 Å². The first-order valence-electron chi connectivity index (χ1n) is 4.89. The second kappa shape index (κ2) is 3.50. The summed E-state index contributed by atoms with van der Waals surface area (Å²) in [5, 5.41) is 4.36. The van der Waals surface area contributed by atoms with Crippen molar-refractivity contribution in [2.45, 2.75) is 32.2 Å². The number of nitrogens with zero attached hydrogens (tertiary/aromatic N) is 2. The molecule has 0 radical (unpaired) electrons. The summed E-state index contributed by atoms with van der Waals surface area (Å²) in [6, 6.07) is 0.465. The molecule has 0 bridgehead atoms. The third kappa shape index (κ3) is 1.75. The van der Waals surface area contributed by atoms with Crippen LogP contribution in [0.2, 0.25) is 0 Å². The molecule has 0 aliphatic carbocycles. The standard InChI is InChI=1S/C10H16N2O/c1-8(2)9-5-11-12(6-9)10-3-4-13-7-10/h5-6,8,10H,3-4,7H2,1-2H3/t10-/m0/s1. The summed E-state index contributed by atoms with van der Waals surface area (Å²) < 4.78 is 7.36. The summed E-state index contributed by atoms with van der Waals surface area (Å²) in [4.78, 5) is 0. The Morgan fingerprint density at radius 1 is 1.62 bits per heavy atom. The van der Waals surface area contributed by atoms with E-state index in [9.17, 15) is 0 Å². The van der Waals surface area contributed by atoms with Crippen molar-refractivity contribution in [2.75, 3.05) is 13.2 Å². The quantitative estimate of drug-likeness (QED) is 0.695. The molecule has 13 heavy (non-hydrogen) atoms. The Hall–Kier alpha value is -0.830. The van der Waals surface area contributed by atoms with Crippen LogP contribution in [0.5, 0.6) is 0 Å². The average Bonchev–Trinajstić information content (AvgIpc) is 2.75. The lowest BCUT2D eigenvalue weighted by Gasteiger charge is -2.07. The zero-order chi connectivity index (χ0) is 9.26. The van der Waals surface area contributed by atoms with Gasteiger partial charge < -0.3 is 4.74 Å². The van der Waals surface area contributed by atoms with Crippen LogP contribution >= 0.6 is 0 Å². The van der Waals surface area contributed by atoms with E-state index in [0.29, 0.717) is 12.0 Å². The minimum absolute atomic E-state index is 0.465. The third-order valence-corrected chi connectivity index (χ3v) is 2.57. The second-order valence-electron chi connectivity index (χ2n) is 3.93. The maximum absolute atomic E-state index is 5.32. The SMILES string of the molecule is CC(C)c1cnn([C@H]2CCOC2)c1. The predicted molar refractivity (Wildman–Crippen MR) is 50.8 cm³/mol. The van der Waals surface area contributed by atoms with E-state index in [-0.39, 0.29) is 0 Å². The van der Waals surface area contributed by atoms with Crippen LogP contribution in [-0.2, 0) is 4.74 Å². The van der Waals surface area contributed by atoms with Gasteiger partial charge in [0, 0.05) is 12.8 Å². The van der Waals surface area contributed by atoms with Gasteiger partial charge in [0.25, 0.3) is 0 Å². The van der Waals surface area contributed by atoms with Gasteiger partial charge in [-0.2, -0.15) is 5.10 Å². The first-order chi connectivity index (χ1) is 6.27. The lowest BCUT2D eigenvalue weighted by molar-refractivity contribution is 0.184. The van der Waals surface area contributed by atoms with Crippen molar-refractivity contribution >= 4 is 0 Å². The van der Waals surface area contributed by atoms with Crippen molar-refractivity contribution in [3.63, 3.8) is 0 Å². The van der Waals surface area contributed by atoms with Crippen LogP contribution in [0.4, 0.5) is 0 Å². The highest BCUT2D eigenvalue weighted by Crippen LogP contribution is 2.20. The fourth-order valence-corrected chi connectivity index (χ4v) is 1.58. The molecule has 0 N–H and O–H groups in total. The molecule has 3 nitrogen and oxygen atoms in total. The molecule has 0 saturated carbocycles. The molecule has 1 aromatic heterocycles. The van der Waals surface area contributed by atoms with Gasteiger partial charge in [-0.3, -0.25) is 4.68 Å². The first kappa shape index (κ1) is 8.75. The van der Waals surface area contributed by atoms with Crippen molar-refractivity contribution in [3.05, 3.63) is 18.0 Å². The van der Waals surface area contributed by atoms with E-state index >= 15 is 0 Å². The van der Waals surface area contributed by atoms with E-state index in [1.807, 2.05) is 10.9 Å². The Kier molecular flexibility index (Phi) is 2.36. The van der Waals surface area contributed by atoms with E-state index < -0.39 is 0 Å². The van der Waals surface area contributed by atoms with E-state index in [4.69, 9.17) is 4.74 Å². The lowest BCUT2D eigenvalue weighted by atomic mass is 10.1. The molecular formula is C10H16N2O. The van der Waals surface area contributed by atoms with Crippen molar-refractivity contribution in [1.29, 1.82) is 0 Å². The van der Waals surface area contributed by atoms with E-state index in [2.05, 4.69) is 25.1 Å². The molecule has 72 valence electrons. The smallest absolute Gasteiger partial charge is 0.0774 e. The molecule has 0 aromatic carbocycles. The van der Waals surface area contributed by atoms with Crippen LogP contribution in [0.3, 0.4) is 0 Å². The van der Waals surface area contributed by atoms with Gasteiger partial charge in [-0.25, -0.2) is 0 Å². The summed E-state index contributed by atoms with van der Waals surface area (Å²) in [6.45, 7) is 6.07. The predicted octanol–water partition coefficient (Wildman–Crippen LogP) is 1.97. The van der Waals surface area contributed by atoms with Gasteiger partial charge in [-0.1, -0.05) is 13.8 Å². The molecule has 1 aromatic rings. The molecule has 2 rings (SSSR count). The van der Waals surface area contributed by atoms with Crippen molar-refractivity contribution < 1.29 is 4.74 Å². The summed E-state index contributed by atoms with van der Waals surface area (Å²) in [7, 11) is 0. The number of hydrogen-bond donors (Lipinski definition) is 0. The van der Waals surface area contributed by atoms with Crippen LogP contribution in [-0.4, -0.2) is 23.0 Å². The molecular weight excluding hydrogens is 164 g/mol. The Morgan fingerprint density at radius 2 is 2.46 bits per heavy atom. The monoisotopic (exact) mass is 180 g/mol. The van der Waals surface area contributed by atoms with Gasteiger partial charge in [-0.15, -0.1) is 0 Å². The van der Waals surface area contributed by atoms with Crippen LogP contribution in [0.25, 0.3) is 0 Å². The molecule has 1 aliphatic rings. The molecule has 1 aliphatic heterocycles. The van der Waals surface area contributed by atoms with Crippen molar-refractivity contribution in [3.8, 4) is 0 Å². The van der Waals surface area contributed by atoms with Crippen LogP contribution in [0.1, 0.15) is 37.8 Å². The summed E-state index contributed by atoms with van der Waals surface area (Å²) >= 11 is 0. The molecule has 0 amide bonds. The molecule has 2 heterocycles. The first-order valence-corrected chi connectivity index (χ1v) is 4.89. The number of aromatic nitrogens is 2. The summed E-state index contributed by atoms with van der Waals surface area (Å²) in [6.07, 6.45) is 5.20. The molecule has 1 fully saturated rings. The topological polar surface area (TPSA) is 27.1 Å². The molecule has 0 unspecified atom stereocenters. The van der Waals surface area contributed by atoms with E-state index in [0.717, 1.165) is 19.6 Å². The minimum Gasteiger partial charge on any atom is -0.379 e. The second-order valence-corrected chi connectivity index (χ2v) is 3.93. The zero-order valence-corrected chi connectivity index (χ0v) is 8.23.